The average molecular weight is 382 g/mol. The second kappa shape index (κ2) is 9.82. The van der Waals surface area contributed by atoms with Crippen molar-refractivity contribution in [3.05, 3.63) is 53.9 Å². The summed E-state index contributed by atoms with van der Waals surface area (Å²) < 4.78 is 6.68. The van der Waals surface area contributed by atoms with E-state index in [1.54, 1.807) is 22.7 Å². The molecule has 0 N–H and O–H groups in total. The predicted octanol–water partition coefficient (Wildman–Crippen LogP) is 2.94. The van der Waals surface area contributed by atoms with Gasteiger partial charge in [0.1, 0.15) is 0 Å². The van der Waals surface area contributed by atoms with E-state index >= 15 is 0 Å². The Balaban J connectivity index is 1.61. The van der Waals surface area contributed by atoms with Crippen LogP contribution in [-0.2, 0) is 16.1 Å². The molecule has 0 unspecified atom stereocenters. The SMILES string of the molecule is CCOC(=O)C[C@@H]1CCCCN1C(=O)c1cn(C/C=C/c2ccccc2)nn1. The molecule has 1 atom stereocenters. The summed E-state index contributed by atoms with van der Waals surface area (Å²) in [5.41, 5.74) is 1.41. The van der Waals surface area contributed by atoms with Crippen molar-refractivity contribution in [2.75, 3.05) is 13.2 Å². The molecule has 0 saturated carbocycles. The third-order valence-corrected chi connectivity index (χ3v) is 4.76. The number of carbonyl (C=O) groups is 2. The number of hydrogen-bond acceptors (Lipinski definition) is 5. The second-order valence-electron chi connectivity index (χ2n) is 6.80. The Labute approximate surface area is 165 Å². The van der Waals surface area contributed by atoms with Crippen molar-refractivity contribution < 1.29 is 14.3 Å². The van der Waals surface area contributed by atoms with E-state index in [1.807, 2.05) is 42.5 Å². The third kappa shape index (κ3) is 5.28. The second-order valence-corrected chi connectivity index (χ2v) is 6.80. The molecule has 1 aliphatic rings. The zero-order valence-electron chi connectivity index (χ0n) is 16.2. The van der Waals surface area contributed by atoms with Crippen LogP contribution in [-0.4, -0.2) is 51.0 Å². The maximum absolute atomic E-state index is 12.9. The Bertz CT molecular complexity index is 816. The van der Waals surface area contributed by atoms with Gasteiger partial charge < -0.3 is 9.64 Å². The van der Waals surface area contributed by atoms with Crippen LogP contribution in [0.4, 0.5) is 0 Å². The average Bonchev–Trinajstić information content (AvgIpc) is 3.18. The van der Waals surface area contributed by atoms with E-state index in [-0.39, 0.29) is 24.3 Å². The molecule has 1 amide bonds. The van der Waals surface area contributed by atoms with Gasteiger partial charge in [-0.05, 0) is 31.7 Å². The molecule has 3 rings (SSSR count). The lowest BCUT2D eigenvalue weighted by Gasteiger charge is -2.34. The molecule has 1 aromatic heterocycles. The molecule has 0 aliphatic carbocycles. The Morgan fingerprint density at radius 3 is 2.86 bits per heavy atom. The first-order valence-electron chi connectivity index (χ1n) is 9.75. The number of hydrogen-bond donors (Lipinski definition) is 0. The molecular formula is C21H26N4O3. The maximum atomic E-state index is 12.9. The first-order valence-corrected chi connectivity index (χ1v) is 9.75. The fourth-order valence-electron chi connectivity index (χ4n) is 3.39. The summed E-state index contributed by atoms with van der Waals surface area (Å²) in [6.07, 6.45) is 8.61. The van der Waals surface area contributed by atoms with Crippen LogP contribution >= 0.6 is 0 Å². The monoisotopic (exact) mass is 382 g/mol. The van der Waals surface area contributed by atoms with Crippen molar-refractivity contribution >= 4 is 18.0 Å². The van der Waals surface area contributed by atoms with Gasteiger partial charge in [0.05, 0.1) is 25.8 Å². The smallest absolute Gasteiger partial charge is 0.307 e. The Kier molecular flexibility index (Phi) is 6.94. The number of nitrogens with zero attached hydrogens (tertiary/aromatic N) is 4. The zero-order chi connectivity index (χ0) is 19.8. The summed E-state index contributed by atoms with van der Waals surface area (Å²) in [6, 6.07) is 9.85. The van der Waals surface area contributed by atoms with Gasteiger partial charge in [-0.3, -0.25) is 9.59 Å². The normalized spacial score (nSPS) is 17.0. The Morgan fingerprint density at radius 2 is 2.07 bits per heavy atom. The number of likely N-dealkylation sites (tertiary alicyclic amines) is 1. The molecule has 7 nitrogen and oxygen atoms in total. The highest BCUT2D eigenvalue weighted by molar-refractivity contribution is 5.92. The highest BCUT2D eigenvalue weighted by Crippen LogP contribution is 2.22. The van der Waals surface area contributed by atoms with Crippen LogP contribution in [0.5, 0.6) is 0 Å². The molecule has 148 valence electrons. The van der Waals surface area contributed by atoms with Crippen LogP contribution < -0.4 is 0 Å². The lowest BCUT2D eigenvalue weighted by Crippen LogP contribution is -2.45. The fourth-order valence-corrected chi connectivity index (χ4v) is 3.39. The number of allylic oxidation sites excluding steroid dienone is 1. The molecule has 0 bridgehead atoms. The van der Waals surface area contributed by atoms with E-state index in [1.165, 1.54) is 0 Å². The molecule has 1 fully saturated rings. The van der Waals surface area contributed by atoms with Gasteiger partial charge >= 0.3 is 5.97 Å². The Morgan fingerprint density at radius 1 is 1.25 bits per heavy atom. The highest BCUT2D eigenvalue weighted by atomic mass is 16.5. The van der Waals surface area contributed by atoms with Crippen molar-refractivity contribution in [1.82, 2.24) is 19.9 Å². The van der Waals surface area contributed by atoms with E-state index in [4.69, 9.17) is 4.74 Å². The van der Waals surface area contributed by atoms with Gasteiger partial charge in [0.15, 0.2) is 5.69 Å². The molecule has 2 aromatic rings. The van der Waals surface area contributed by atoms with Crippen LogP contribution in [0.3, 0.4) is 0 Å². The van der Waals surface area contributed by atoms with Gasteiger partial charge in [0.2, 0.25) is 0 Å². The molecule has 0 spiro atoms. The van der Waals surface area contributed by atoms with Crippen molar-refractivity contribution in [3.63, 3.8) is 0 Å². The number of carbonyl (C=O) groups excluding carboxylic acids is 2. The van der Waals surface area contributed by atoms with Crippen LogP contribution in [0.2, 0.25) is 0 Å². The van der Waals surface area contributed by atoms with Gasteiger partial charge in [-0.15, -0.1) is 5.10 Å². The van der Waals surface area contributed by atoms with E-state index in [0.29, 0.717) is 25.4 Å². The summed E-state index contributed by atoms with van der Waals surface area (Å²) in [5.74, 6) is -0.436. The third-order valence-electron chi connectivity index (χ3n) is 4.76. The summed E-state index contributed by atoms with van der Waals surface area (Å²) in [4.78, 5) is 26.5. The lowest BCUT2D eigenvalue weighted by molar-refractivity contribution is -0.144. The molecule has 28 heavy (non-hydrogen) atoms. The first kappa shape index (κ1) is 19.8. The summed E-state index contributed by atoms with van der Waals surface area (Å²) in [5, 5.41) is 8.09. The largest absolute Gasteiger partial charge is 0.466 e. The molecule has 7 heteroatoms. The summed E-state index contributed by atoms with van der Waals surface area (Å²) >= 11 is 0. The van der Waals surface area contributed by atoms with Crippen LogP contribution in [0.1, 0.15) is 48.7 Å². The highest BCUT2D eigenvalue weighted by Gasteiger charge is 2.30. The minimum Gasteiger partial charge on any atom is -0.466 e. The van der Waals surface area contributed by atoms with E-state index in [2.05, 4.69) is 10.3 Å². The number of amides is 1. The van der Waals surface area contributed by atoms with E-state index in [9.17, 15) is 9.59 Å². The lowest BCUT2D eigenvalue weighted by atomic mass is 9.99. The zero-order valence-corrected chi connectivity index (χ0v) is 16.2. The quantitative estimate of drug-likeness (QED) is 0.688. The minimum absolute atomic E-state index is 0.136. The van der Waals surface area contributed by atoms with Gasteiger partial charge in [-0.25, -0.2) is 4.68 Å². The van der Waals surface area contributed by atoms with Gasteiger partial charge in [-0.2, -0.15) is 0 Å². The first-order chi connectivity index (χ1) is 13.7. The number of aromatic nitrogens is 3. The fraction of sp³-hybridized carbons (Fsp3) is 0.429. The molecule has 0 radical (unpaired) electrons. The van der Waals surface area contributed by atoms with Crippen molar-refractivity contribution in [2.45, 2.75) is 45.2 Å². The number of benzene rings is 1. The number of esters is 1. The van der Waals surface area contributed by atoms with Crippen LogP contribution in [0.15, 0.2) is 42.6 Å². The number of piperidine rings is 1. The standard InChI is InChI=1S/C21H26N4O3/c1-2-28-20(26)15-18-12-6-7-14-25(18)21(27)19-16-24(23-22-19)13-8-11-17-9-4-3-5-10-17/h3-5,8-11,16,18H,2,6-7,12-15H2,1H3/b11-8+/t18-/m0/s1. The number of rotatable bonds is 7. The predicted molar refractivity (Wildman–Crippen MR) is 105 cm³/mol. The molecule has 1 aromatic carbocycles. The van der Waals surface area contributed by atoms with E-state index < -0.39 is 0 Å². The van der Waals surface area contributed by atoms with Gasteiger partial charge in [-0.1, -0.05) is 47.7 Å². The van der Waals surface area contributed by atoms with Crippen molar-refractivity contribution in [2.24, 2.45) is 0 Å². The van der Waals surface area contributed by atoms with Gasteiger partial charge in [0.25, 0.3) is 5.91 Å². The number of ether oxygens (including phenoxy) is 1. The van der Waals surface area contributed by atoms with Crippen LogP contribution in [0.25, 0.3) is 6.08 Å². The molecule has 2 heterocycles. The summed E-state index contributed by atoms with van der Waals surface area (Å²) in [6.45, 7) is 3.29. The molecule has 1 aliphatic heterocycles. The molecular weight excluding hydrogens is 356 g/mol. The minimum atomic E-state index is -0.262. The topological polar surface area (TPSA) is 77.3 Å². The van der Waals surface area contributed by atoms with E-state index in [0.717, 1.165) is 24.8 Å². The maximum Gasteiger partial charge on any atom is 0.307 e. The molecule has 1 saturated heterocycles. The van der Waals surface area contributed by atoms with Crippen LogP contribution in [0, 0.1) is 0 Å². The van der Waals surface area contributed by atoms with Crippen molar-refractivity contribution in [3.8, 4) is 0 Å². The van der Waals surface area contributed by atoms with Gasteiger partial charge in [0, 0.05) is 12.6 Å². The Hall–Kier alpha value is -2.96. The van der Waals surface area contributed by atoms with Crippen molar-refractivity contribution in [1.29, 1.82) is 0 Å². The summed E-state index contributed by atoms with van der Waals surface area (Å²) in [7, 11) is 0.